The molecule has 2 N–H and O–H groups in total. The van der Waals surface area contributed by atoms with E-state index in [0.29, 0.717) is 30.8 Å². The Balaban J connectivity index is 1.39. The number of rotatable bonds is 8. The van der Waals surface area contributed by atoms with Gasteiger partial charge in [0.2, 0.25) is 15.9 Å². The van der Waals surface area contributed by atoms with Crippen molar-refractivity contribution in [1.82, 2.24) is 19.5 Å². The van der Waals surface area contributed by atoms with Crippen molar-refractivity contribution in [2.45, 2.75) is 49.1 Å². The number of hydrogen-bond acceptors (Lipinski definition) is 7. The molecule has 2 aliphatic rings. The third-order valence-corrected chi connectivity index (χ3v) is 8.19. The number of carbonyl (C=O) groups is 3. The van der Waals surface area contributed by atoms with E-state index in [4.69, 9.17) is 4.74 Å². The Morgan fingerprint density at radius 2 is 1.81 bits per heavy atom. The lowest BCUT2D eigenvalue weighted by molar-refractivity contribution is -0.142. The summed E-state index contributed by atoms with van der Waals surface area (Å²) in [6, 6.07) is 7.03. The van der Waals surface area contributed by atoms with E-state index in [9.17, 15) is 27.9 Å². The van der Waals surface area contributed by atoms with Crippen LogP contribution in [0, 0.1) is 0 Å². The van der Waals surface area contributed by atoms with Crippen LogP contribution in [0.4, 0.5) is 4.79 Å². The van der Waals surface area contributed by atoms with Crippen molar-refractivity contribution in [1.29, 1.82) is 0 Å². The Labute approximate surface area is 209 Å². The SMILES string of the molecule is O=C(O)C(Cc1ccc(OC(=O)N2CCCC2)cc1)NC(=O)[C@@H]1CCCN1S(=O)(=O)c1cccnc1. The number of nitrogens with one attached hydrogen (secondary N) is 1. The van der Waals surface area contributed by atoms with Crippen LogP contribution in [0.1, 0.15) is 31.2 Å². The maximum atomic E-state index is 13.0. The first-order valence-corrected chi connectivity index (χ1v) is 13.2. The molecule has 2 saturated heterocycles. The molecule has 2 amide bonds. The summed E-state index contributed by atoms with van der Waals surface area (Å²) in [6.45, 7) is 1.49. The van der Waals surface area contributed by atoms with E-state index < -0.39 is 40.1 Å². The predicted molar refractivity (Wildman–Crippen MR) is 128 cm³/mol. The molecule has 2 aliphatic heterocycles. The lowest BCUT2D eigenvalue weighted by Crippen LogP contribution is -2.51. The number of nitrogens with zero attached hydrogens (tertiary/aromatic N) is 3. The molecule has 3 heterocycles. The molecule has 0 spiro atoms. The molecule has 4 rings (SSSR count). The lowest BCUT2D eigenvalue weighted by atomic mass is 10.1. The largest absolute Gasteiger partial charge is 0.480 e. The number of carboxylic acids is 1. The number of carbonyl (C=O) groups excluding carboxylic acids is 2. The quantitative estimate of drug-likeness (QED) is 0.538. The van der Waals surface area contributed by atoms with Gasteiger partial charge in [-0.2, -0.15) is 4.31 Å². The Bertz CT molecular complexity index is 1200. The minimum atomic E-state index is -3.95. The number of ether oxygens (including phenoxy) is 1. The van der Waals surface area contributed by atoms with E-state index in [0.717, 1.165) is 17.1 Å². The average Bonchev–Trinajstić information content (AvgIpc) is 3.58. The number of amides is 2. The van der Waals surface area contributed by atoms with Crippen LogP contribution in [0.15, 0.2) is 53.7 Å². The molecule has 1 aromatic heterocycles. The Hall–Kier alpha value is -3.51. The van der Waals surface area contributed by atoms with Crippen molar-refractivity contribution in [2.75, 3.05) is 19.6 Å². The summed E-state index contributed by atoms with van der Waals surface area (Å²) >= 11 is 0. The first kappa shape index (κ1) is 25.6. The number of sulfonamides is 1. The first-order chi connectivity index (χ1) is 17.3. The maximum Gasteiger partial charge on any atom is 0.415 e. The molecule has 0 aliphatic carbocycles. The average molecular weight is 517 g/mol. The molecule has 1 unspecified atom stereocenters. The van der Waals surface area contributed by atoms with Gasteiger partial charge in [0.1, 0.15) is 22.7 Å². The fraction of sp³-hybridized carbons (Fsp3) is 0.417. The second kappa shape index (κ2) is 11.0. The van der Waals surface area contributed by atoms with Gasteiger partial charge >= 0.3 is 12.1 Å². The van der Waals surface area contributed by atoms with Crippen molar-refractivity contribution in [3.8, 4) is 5.75 Å². The van der Waals surface area contributed by atoms with Crippen LogP contribution < -0.4 is 10.1 Å². The zero-order chi connectivity index (χ0) is 25.7. The fourth-order valence-electron chi connectivity index (χ4n) is 4.39. The van der Waals surface area contributed by atoms with Crippen LogP contribution in [0.3, 0.4) is 0 Å². The van der Waals surface area contributed by atoms with Gasteiger partial charge in [-0.25, -0.2) is 18.0 Å². The lowest BCUT2D eigenvalue weighted by Gasteiger charge is -2.25. The number of pyridine rings is 1. The fourth-order valence-corrected chi connectivity index (χ4v) is 6.01. The van der Waals surface area contributed by atoms with Crippen LogP contribution in [-0.4, -0.2) is 77.4 Å². The summed E-state index contributed by atoms with van der Waals surface area (Å²) in [6.07, 6.45) is 4.89. The summed E-state index contributed by atoms with van der Waals surface area (Å²) in [5, 5.41) is 12.2. The molecule has 12 heteroatoms. The minimum absolute atomic E-state index is 0.0231. The summed E-state index contributed by atoms with van der Waals surface area (Å²) in [7, 11) is -3.95. The number of carboxylic acid groups (broad SMARTS) is 1. The van der Waals surface area contributed by atoms with Gasteiger partial charge in [-0.15, -0.1) is 0 Å². The third-order valence-electron chi connectivity index (χ3n) is 6.29. The third kappa shape index (κ3) is 5.82. The van der Waals surface area contributed by atoms with E-state index in [1.165, 1.54) is 24.5 Å². The van der Waals surface area contributed by atoms with Crippen molar-refractivity contribution < 1.29 is 32.6 Å². The highest BCUT2D eigenvalue weighted by atomic mass is 32.2. The topological polar surface area (TPSA) is 146 Å². The van der Waals surface area contributed by atoms with Crippen molar-refractivity contribution in [2.24, 2.45) is 0 Å². The molecule has 36 heavy (non-hydrogen) atoms. The van der Waals surface area contributed by atoms with Gasteiger partial charge < -0.3 is 20.1 Å². The summed E-state index contributed by atoms with van der Waals surface area (Å²) in [5.41, 5.74) is 0.606. The molecule has 192 valence electrons. The second-order valence-electron chi connectivity index (χ2n) is 8.77. The maximum absolute atomic E-state index is 13.0. The van der Waals surface area contributed by atoms with E-state index in [-0.39, 0.29) is 24.3 Å². The molecule has 0 radical (unpaired) electrons. The molecule has 11 nitrogen and oxygen atoms in total. The highest BCUT2D eigenvalue weighted by molar-refractivity contribution is 7.89. The number of aromatic nitrogens is 1. The molecule has 1 aromatic carbocycles. The highest BCUT2D eigenvalue weighted by Gasteiger charge is 2.40. The molecule has 2 atom stereocenters. The molecule has 0 saturated carbocycles. The normalized spacial score (nSPS) is 19.1. The summed E-state index contributed by atoms with van der Waals surface area (Å²) in [4.78, 5) is 42.4. The number of likely N-dealkylation sites (tertiary alicyclic amines) is 1. The van der Waals surface area contributed by atoms with Gasteiger partial charge in [0.15, 0.2) is 0 Å². The van der Waals surface area contributed by atoms with Crippen LogP contribution in [0.5, 0.6) is 5.75 Å². The van der Waals surface area contributed by atoms with Gasteiger partial charge in [-0.3, -0.25) is 9.78 Å². The summed E-state index contributed by atoms with van der Waals surface area (Å²) < 4.78 is 32.5. The summed E-state index contributed by atoms with van der Waals surface area (Å²) in [5.74, 6) is -1.56. The van der Waals surface area contributed by atoms with E-state index >= 15 is 0 Å². The number of benzene rings is 1. The minimum Gasteiger partial charge on any atom is -0.480 e. The monoisotopic (exact) mass is 516 g/mol. The van der Waals surface area contributed by atoms with Gasteiger partial charge in [0, 0.05) is 38.4 Å². The Morgan fingerprint density at radius 3 is 2.44 bits per heavy atom. The van der Waals surface area contributed by atoms with Crippen molar-refractivity contribution in [3.05, 3.63) is 54.4 Å². The highest BCUT2D eigenvalue weighted by Crippen LogP contribution is 2.26. The Morgan fingerprint density at radius 1 is 1.08 bits per heavy atom. The van der Waals surface area contributed by atoms with Crippen LogP contribution in [0.2, 0.25) is 0 Å². The van der Waals surface area contributed by atoms with Gasteiger partial charge in [-0.05, 0) is 55.5 Å². The zero-order valence-corrected chi connectivity index (χ0v) is 20.4. The van der Waals surface area contributed by atoms with Crippen molar-refractivity contribution in [3.63, 3.8) is 0 Å². The smallest absolute Gasteiger partial charge is 0.415 e. The van der Waals surface area contributed by atoms with Crippen LogP contribution in [0.25, 0.3) is 0 Å². The van der Waals surface area contributed by atoms with Crippen LogP contribution >= 0.6 is 0 Å². The second-order valence-corrected chi connectivity index (χ2v) is 10.7. The van der Waals surface area contributed by atoms with Gasteiger partial charge in [0.25, 0.3) is 0 Å². The standard InChI is InChI=1S/C24H28N4O7S/c29-22(21-6-4-14-28(21)36(33,34)19-5-3-11-25-16-19)26-20(23(30)31)15-17-7-9-18(10-8-17)35-24(32)27-12-1-2-13-27/h3,5,7-11,16,20-21H,1-2,4,6,12-15H2,(H,26,29)(H,30,31)/t20?,21-/m0/s1. The number of hydrogen-bond donors (Lipinski definition) is 2. The predicted octanol–water partition coefficient (Wildman–Crippen LogP) is 1.64. The van der Waals surface area contributed by atoms with Gasteiger partial charge in [0.05, 0.1) is 0 Å². The van der Waals surface area contributed by atoms with E-state index in [1.807, 2.05) is 0 Å². The van der Waals surface area contributed by atoms with Crippen LogP contribution in [-0.2, 0) is 26.0 Å². The van der Waals surface area contributed by atoms with E-state index in [1.54, 1.807) is 29.2 Å². The molecular formula is C24H28N4O7S. The molecule has 0 bridgehead atoms. The van der Waals surface area contributed by atoms with Gasteiger partial charge in [-0.1, -0.05) is 12.1 Å². The van der Waals surface area contributed by atoms with Crippen molar-refractivity contribution >= 4 is 28.0 Å². The first-order valence-electron chi connectivity index (χ1n) is 11.8. The number of aliphatic carboxylic acids is 1. The Kier molecular flexibility index (Phi) is 7.85. The molecule has 2 aromatic rings. The molecule has 2 fully saturated rings. The molecular weight excluding hydrogens is 488 g/mol. The zero-order valence-electron chi connectivity index (χ0n) is 19.6. The van der Waals surface area contributed by atoms with E-state index in [2.05, 4.69) is 10.3 Å².